The Morgan fingerprint density at radius 2 is 1.78 bits per heavy atom. The van der Waals surface area contributed by atoms with E-state index in [1.807, 2.05) is 31.2 Å². The van der Waals surface area contributed by atoms with Crippen LogP contribution in [-0.2, 0) is 4.74 Å². The van der Waals surface area contributed by atoms with Gasteiger partial charge in [-0.15, -0.1) is 0 Å². The van der Waals surface area contributed by atoms with Crippen LogP contribution in [0.2, 0.25) is 0 Å². The first-order valence-corrected chi connectivity index (χ1v) is 10.5. The third-order valence-corrected chi connectivity index (χ3v) is 6.16. The molecular weight excluding hydrogens is 447 g/mol. The number of aliphatic hydroxyl groups excluding tert-OH is 3. The molecule has 2 aromatic carbocycles. The Morgan fingerprint density at radius 3 is 2.34 bits per heavy atom. The number of nitrogens with two attached hydrogens (primary N) is 1. The predicted octanol–water partition coefficient (Wildman–Crippen LogP) is -0.174. The Bertz CT molecular complexity index is 983. The zero-order valence-electron chi connectivity index (χ0n) is 17.0. The second-order valence-electron chi connectivity index (χ2n) is 7.24. The third kappa shape index (κ3) is 5.30. The van der Waals surface area contributed by atoms with Crippen LogP contribution in [0, 0.1) is 24.4 Å². The van der Waals surface area contributed by atoms with Gasteiger partial charge in [0.25, 0.3) is 0 Å². The maximum absolute atomic E-state index is 13.6. The number of aryl methyl sites for hydroxylation is 1. The highest BCUT2D eigenvalue weighted by Gasteiger charge is 2.48. The van der Waals surface area contributed by atoms with Gasteiger partial charge < -0.3 is 25.9 Å². The molecule has 0 radical (unpaired) electrons. The molecule has 1 heterocycles. The standard InChI is InChI=1S/C21H22F3N3O4S/c1-10-2-4-12(5-3-10)32-21-20(30)18(19(29)16(9-28)31-21)26-8-15(27-25)11-6-13(22)17(24)14(23)7-11/h2-8,16,18-21,28-30H,9,25H2,1H3/p+1/t16?,18?,19-,20?,21+/m0/s1. The second kappa shape index (κ2) is 10.5. The number of rotatable bonds is 6. The lowest BCUT2D eigenvalue weighted by Gasteiger charge is -2.37. The van der Waals surface area contributed by atoms with Crippen LogP contribution in [-0.4, -0.2) is 63.6 Å². The molecule has 7 nitrogen and oxygen atoms in total. The van der Waals surface area contributed by atoms with Crippen molar-refractivity contribution in [3.8, 4) is 0 Å². The first-order chi connectivity index (χ1) is 15.2. The van der Waals surface area contributed by atoms with Gasteiger partial charge in [-0.3, -0.25) is 0 Å². The molecule has 5 atom stereocenters. The molecular formula is C21H23F3N3O4S+. The number of benzene rings is 2. The minimum Gasteiger partial charge on any atom is -0.394 e. The summed E-state index contributed by atoms with van der Waals surface area (Å²) in [5.74, 6) is 0.836. The number of thioether (sulfide) groups is 1. The number of nitrogens with zero attached hydrogens (tertiary/aromatic N) is 1. The van der Waals surface area contributed by atoms with Crippen molar-refractivity contribution in [1.29, 1.82) is 0 Å². The van der Waals surface area contributed by atoms with Crippen molar-refractivity contribution in [3.63, 3.8) is 0 Å². The largest absolute Gasteiger partial charge is 0.394 e. The van der Waals surface area contributed by atoms with E-state index in [1.165, 1.54) is 11.8 Å². The van der Waals surface area contributed by atoms with Crippen molar-refractivity contribution in [3.05, 3.63) is 65.0 Å². The molecule has 0 spiro atoms. The lowest BCUT2D eigenvalue weighted by atomic mass is 9.98. The van der Waals surface area contributed by atoms with Gasteiger partial charge in [-0.25, -0.2) is 18.2 Å². The molecule has 0 bridgehead atoms. The number of ether oxygens (including phenoxy) is 1. The number of aliphatic hydroxyl groups is 3. The van der Waals surface area contributed by atoms with E-state index in [0.29, 0.717) is 12.1 Å². The topological polar surface area (TPSA) is 122 Å². The average Bonchev–Trinajstić information content (AvgIpc) is 2.77. The van der Waals surface area contributed by atoms with Crippen molar-refractivity contribution in [2.75, 3.05) is 6.61 Å². The van der Waals surface area contributed by atoms with E-state index in [-0.39, 0.29) is 11.3 Å². The van der Waals surface area contributed by atoms with Crippen molar-refractivity contribution >= 4 is 23.7 Å². The molecule has 0 aliphatic carbocycles. The predicted molar refractivity (Wildman–Crippen MR) is 113 cm³/mol. The van der Waals surface area contributed by atoms with Gasteiger partial charge in [0.2, 0.25) is 6.04 Å². The van der Waals surface area contributed by atoms with Crippen LogP contribution in [0.3, 0.4) is 0 Å². The molecule has 1 aliphatic heterocycles. The summed E-state index contributed by atoms with van der Waals surface area (Å²) in [6, 6.07) is 7.86. The molecule has 11 heteroatoms. The van der Waals surface area contributed by atoms with Gasteiger partial charge in [0, 0.05) is 10.5 Å². The summed E-state index contributed by atoms with van der Waals surface area (Å²) >= 11 is 1.20. The molecule has 3 unspecified atom stereocenters. The van der Waals surface area contributed by atoms with Crippen molar-refractivity contribution in [2.24, 2.45) is 10.9 Å². The third-order valence-electron chi connectivity index (χ3n) is 4.99. The molecule has 1 saturated heterocycles. The molecule has 32 heavy (non-hydrogen) atoms. The molecule has 2 aromatic rings. The number of halogens is 3. The lowest BCUT2D eigenvalue weighted by Crippen LogP contribution is -2.87. The SMILES string of the molecule is Cc1ccc(S[C@H]2OC(CO)[C@H](O)C([NH+]=CC(=NN)c3cc(F)c(F)c(F)c3)C2O)cc1. The highest BCUT2D eigenvalue weighted by atomic mass is 32.2. The van der Waals surface area contributed by atoms with Gasteiger partial charge in [-0.05, 0) is 31.2 Å². The number of hydrazone groups is 1. The fourth-order valence-corrected chi connectivity index (χ4v) is 4.27. The Balaban J connectivity index is 1.84. The summed E-state index contributed by atoms with van der Waals surface area (Å²) in [5.41, 5.74) is -0.101. The maximum Gasteiger partial charge on any atom is 0.208 e. The molecule has 6 N–H and O–H groups in total. The Labute approximate surface area is 186 Å². The van der Waals surface area contributed by atoms with E-state index in [9.17, 15) is 28.5 Å². The van der Waals surface area contributed by atoms with Crippen LogP contribution in [0.1, 0.15) is 11.1 Å². The molecule has 0 saturated carbocycles. The van der Waals surface area contributed by atoms with Crippen LogP contribution in [0.25, 0.3) is 0 Å². The highest BCUT2D eigenvalue weighted by molar-refractivity contribution is 7.99. The molecule has 1 aliphatic rings. The Hall–Kier alpha value is -2.44. The Kier molecular flexibility index (Phi) is 7.91. The second-order valence-corrected chi connectivity index (χ2v) is 8.41. The van der Waals surface area contributed by atoms with E-state index < -0.39 is 53.8 Å². The van der Waals surface area contributed by atoms with E-state index in [2.05, 4.69) is 10.1 Å². The van der Waals surface area contributed by atoms with E-state index in [4.69, 9.17) is 10.6 Å². The van der Waals surface area contributed by atoms with Gasteiger partial charge in [-0.2, -0.15) is 5.10 Å². The quantitative estimate of drug-likeness (QED) is 0.173. The molecule has 3 rings (SSSR count). The zero-order chi connectivity index (χ0) is 23.4. The molecule has 0 amide bonds. The summed E-state index contributed by atoms with van der Waals surface area (Å²) in [4.78, 5) is 3.54. The maximum atomic E-state index is 13.6. The average molecular weight is 470 g/mol. The monoisotopic (exact) mass is 470 g/mol. The van der Waals surface area contributed by atoms with Gasteiger partial charge in [-0.1, -0.05) is 29.5 Å². The summed E-state index contributed by atoms with van der Waals surface area (Å²) in [6.45, 7) is 1.42. The molecule has 1 fully saturated rings. The minimum atomic E-state index is -1.63. The van der Waals surface area contributed by atoms with Crippen molar-refractivity contribution in [2.45, 2.75) is 41.6 Å². The van der Waals surface area contributed by atoms with E-state index in [1.54, 1.807) is 0 Å². The highest BCUT2D eigenvalue weighted by Crippen LogP contribution is 2.32. The van der Waals surface area contributed by atoms with Crippen LogP contribution >= 0.6 is 11.8 Å². The van der Waals surface area contributed by atoms with Gasteiger partial charge in [0.05, 0.1) is 6.61 Å². The zero-order valence-corrected chi connectivity index (χ0v) is 17.8. The normalized spacial score (nSPS) is 26.6. The van der Waals surface area contributed by atoms with Gasteiger partial charge in [0.1, 0.15) is 17.6 Å². The number of nitrogens with one attached hydrogen (secondary N) is 1. The summed E-state index contributed by atoms with van der Waals surface area (Å²) < 4.78 is 46.0. The van der Waals surface area contributed by atoms with Crippen molar-refractivity contribution < 1.29 is 38.2 Å². The van der Waals surface area contributed by atoms with Gasteiger partial charge >= 0.3 is 0 Å². The smallest absolute Gasteiger partial charge is 0.208 e. The van der Waals surface area contributed by atoms with E-state index in [0.717, 1.165) is 16.7 Å². The summed E-state index contributed by atoms with van der Waals surface area (Å²) in [6.07, 6.45) is -2.46. The summed E-state index contributed by atoms with van der Waals surface area (Å²) in [5, 5.41) is 34.4. The lowest BCUT2D eigenvalue weighted by molar-refractivity contribution is -0.537. The minimum absolute atomic E-state index is 0.156. The fraction of sp³-hybridized carbons (Fsp3) is 0.333. The summed E-state index contributed by atoms with van der Waals surface area (Å²) in [7, 11) is 0. The van der Waals surface area contributed by atoms with Crippen LogP contribution in [0.15, 0.2) is 46.4 Å². The van der Waals surface area contributed by atoms with Crippen molar-refractivity contribution in [1.82, 2.24) is 0 Å². The van der Waals surface area contributed by atoms with E-state index >= 15 is 0 Å². The van der Waals surface area contributed by atoms with Crippen LogP contribution in [0.5, 0.6) is 0 Å². The van der Waals surface area contributed by atoms with Gasteiger partial charge in [0.15, 0.2) is 35.5 Å². The molecule has 172 valence electrons. The fourth-order valence-electron chi connectivity index (χ4n) is 3.21. The Morgan fingerprint density at radius 1 is 1.16 bits per heavy atom. The first kappa shape index (κ1) is 24.2. The van der Waals surface area contributed by atoms with Crippen LogP contribution in [0.4, 0.5) is 13.2 Å². The number of hydrogen-bond donors (Lipinski definition) is 5. The number of hydrogen-bond acceptors (Lipinski definition) is 7. The van der Waals surface area contributed by atoms with Crippen LogP contribution < -0.4 is 10.8 Å². The molecule has 0 aromatic heterocycles. The first-order valence-electron chi connectivity index (χ1n) is 9.63.